The molecule has 162 valence electrons. The lowest BCUT2D eigenvalue weighted by Crippen LogP contribution is -2.54. The smallest absolute Gasteiger partial charge is 0.410 e. The number of thioether (sulfide) groups is 1. The van der Waals surface area contributed by atoms with Crippen LogP contribution in [0.3, 0.4) is 0 Å². The largest absolute Gasteiger partial charge is 0.440 e. The number of carbonyl (C=O) groups is 3. The van der Waals surface area contributed by atoms with E-state index in [2.05, 4.69) is 19.9 Å². The number of nitrogens with zero attached hydrogens (tertiary/aromatic N) is 1. The Bertz CT molecular complexity index is 909. The predicted molar refractivity (Wildman–Crippen MR) is 116 cm³/mol. The number of likely N-dealkylation sites (N-methyl/N-ethyl adjacent to an activating group) is 1. The molecule has 1 spiro atoms. The topological polar surface area (TPSA) is 63.7 Å². The molecule has 5 nitrogen and oxygen atoms in total. The fourth-order valence-corrected chi connectivity index (χ4v) is 8.54. The number of hydrogen-bond donors (Lipinski definition) is 0. The highest BCUT2D eigenvalue weighted by Crippen LogP contribution is 2.68. The maximum Gasteiger partial charge on any atom is 0.410 e. The monoisotopic (exact) mass is 429 g/mol. The molecule has 6 heteroatoms. The summed E-state index contributed by atoms with van der Waals surface area (Å²) in [6.07, 6.45) is 9.11. The van der Waals surface area contributed by atoms with Gasteiger partial charge in [-0.1, -0.05) is 42.8 Å². The molecule has 3 fully saturated rings. The van der Waals surface area contributed by atoms with Crippen molar-refractivity contribution in [3.8, 4) is 0 Å². The summed E-state index contributed by atoms with van der Waals surface area (Å²) < 4.78 is 6.06. The molecule has 0 N–H and O–H groups in total. The normalized spacial score (nSPS) is 44.8. The van der Waals surface area contributed by atoms with E-state index in [4.69, 9.17) is 4.74 Å². The average Bonchev–Trinajstić information content (AvgIpc) is 3.12. The van der Waals surface area contributed by atoms with Crippen LogP contribution in [0.4, 0.5) is 4.79 Å². The number of fused-ring (bicyclic) bond motifs is 6. The van der Waals surface area contributed by atoms with E-state index in [0.29, 0.717) is 18.9 Å². The van der Waals surface area contributed by atoms with Gasteiger partial charge in [0, 0.05) is 36.5 Å². The first kappa shape index (κ1) is 20.3. The van der Waals surface area contributed by atoms with Gasteiger partial charge in [-0.05, 0) is 50.0 Å². The van der Waals surface area contributed by atoms with Gasteiger partial charge in [0.05, 0.1) is 6.54 Å². The Morgan fingerprint density at radius 2 is 2.03 bits per heavy atom. The van der Waals surface area contributed by atoms with Gasteiger partial charge >= 0.3 is 6.09 Å². The summed E-state index contributed by atoms with van der Waals surface area (Å²) in [5.41, 5.74) is 2.01. The van der Waals surface area contributed by atoms with Crippen molar-refractivity contribution in [3.05, 3.63) is 23.3 Å². The standard InChI is InChI=1S/C24H31NO4S/c1-14(26)30-19-12-15-11-16(27)5-8-22(15,2)17-6-9-23(3)18(20(17)19)7-10-24(23)13-25(4)21(28)29-24/h6,11,18-20H,5,7-10,12-13H2,1-4H3/t18?,19-,20?,22+,23+,24-/m1/s1. The second-order valence-electron chi connectivity index (χ2n) is 10.5. The van der Waals surface area contributed by atoms with E-state index in [1.54, 1.807) is 11.8 Å². The lowest BCUT2D eigenvalue weighted by Gasteiger charge is -2.56. The molecule has 0 aromatic rings. The lowest BCUT2D eigenvalue weighted by molar-refractivity contribution is -0.115. The highest BCUT2D eigenvalue weighted by atomic mass is 32.2. The highest BCUT2D eigenvalue weighted by Gasteiger charge is 2.67. The average molecular weight is 430 g/mol. The van der Waals surface area contributed by atoms with E-state index in [1.807, 2.05) is 13.1 Å². The van der Waals surface area contributed by atoms with Gasteiger partial charge in [0.15, 0.2) is 10.9 Å². The summed E-state index contributed by atoms with van der Waals surface area (Å²) in [6.45, 7) is 6.90. The number of carbonyl (C=O) groups excluding carboxylic acids is 3. The minimum absolute atomic E-state index is 0.0767. The minimum atomic E-state index is -0.434. The molecule has 1 heterocycles. The first-order valence-electron chi connectivity index (χ1n) is 11.2. The van der Waals surface area contributed by atoms with E-state index < -0.39 is 5.60 Å². The van der Waals surface area contributed by atoms with Gasteiger partial charge in [0.2, 0.25) is 0 Å². The number of ketones is 1. The first-order chi connectivity index (χ1) is 14.1. The van der Waals surface area contributed by atoms with Crippen LogP contribution in [0.25, 0.3) is 0 Å². The van der Waals surface area contributed by atoms with Gasteiger partial charge in [-0.15, -0.1) is 0 Å². The Labute approximate surface area is 182 Å². The van der Waals surface area contributed by atoms with Crippen LogP contribution in [-0.2, 0) is 14.3 Å². The molecule has 0 aromatic carbocycles. The Morgan fingerprint density at radius 3 is 2.70 bits per heavy atom. The van der Waals surface area contributed by atoms with Gasteiger partial charge < -0.3 is 9.64 Å². The number of ether oxygens (including phenoxy) is 1. The van der Waals surface area contributed by atoms with Crippen molar-refractivity contribution in [2.24, 2.45) is 22.7 Å². The summed E-state index contributed by atoms with van der Waals surface area (Å²) in [6, 6.07) is 0. The SMILES string of the molecule is CC(=O)S[C@@H]1CC2=CC(=O)CC[C@]2(C)C2=CC[C@@]3(C)C(CC[C@@]34CN(C)C(=O)O4)C21. The fraction of sp³-hybridized carbons (Fsp3) is 0.708. The van der Waals surface area contributed by atoms with E-state index in [-0.39, 0.29) is 39.0 Å². The van der Waals surface area contributed by atoms with Crippen LogP contribution in [0.5, 0.6) is 0 Å². The van der Waals surface area contributed by atoms with E-state index >= 15 is 0 Å². The third-order valence-electron chi connectivity index (χ3n) is 9.04. The molecule has 1 saturated heterocycles. The van der Waals surface area contributed by atoms with Crippen molar-refractivity contribution in [1.82, 2.24) is 4.90 Å². The highest BCUT2D eigenvalue weighted by molar-refractivity contribution is 8.14. The first-order valence-corrected chi connectivity index (χ1v) is 12.0. The van der Waals surface area contributed by atoms with Crippen molar-refractivity contribution in [2.45, 2.75) is 70.1 Å². The zero-order chi connectivity index (χ0) is 21.5. The number of rotatable bonds is 1. The molecular weight excluding hydrogens is 398 g/mol. The molecule has 1 aliphatic heterocycles. The van der Waals surface area contributed by atoms with Crippen LogP contribution in [0.15, 0.2) is 23.3 Å². The quantitative estimate of drug-likeness (QED) is 0.574. The maximum atomic E-state index is 12.3. The second-order valence-corrected chi connectivity index (χ2v) is 11.9. The Hall–Kier alpha value is -1.56. The van der Waals surface area contributed by atoms with Crippen molar-refractivity contribution in [1.29, 1.82) is 0 Å². The molecule has 2 unspecified atom stereocenters. The predicted octanol–water partition coefficient (Wildman–Crippen LogP) is 4.52. The summed E-state index contributed by atoms with van der Waals surface area (Å²) in [5, 5.41) is 0.284. The van der Waals surface area contributed by atoms with Crippen LogP contribution < -0.4 is 0 Å². The van der Waals surface area contributed by atoms with Crippen LogP contribution in [0, 0.1) is 22.7 Å². The van der Waals surface area contributed by atoms with Gasteiger partial charge in [-0.3, -0.25) is 9.59 Å². The van der Waals surface area contributed by atoms with E-state index in [0.717, 1.165) is 32.1 Å². The summed E-state index contributed by atoms with van der Waals surface area (Å²) in [4.78, 5) is 38.4. The van der Waals surface area contributed by atoms with Gasteiger partial charge in [-0.2, -0.15) is 0 Å². The maximum absolute atomic E-state index is 12.3. The molecule has 5 rings (SSSR count). The molecule has 6 atom stereocenters. The van der Waals surface area contributed by atoms with Gasteiger partial charge in [0.25, 0.3) is 0 Å². The third-order valence-corrected chi connectivity index (χ3v) is 10.1. The van der Waals surface area contributed by atoms with Crippen LogP contribution >= 0.6 is 11.8 Å². The summed E-state index contributed by atoms with van der Waals surface area (Å²) in [7, 11) is 1.82. The number of hydrogen-bond acceptors (Lipinski definition) is 5. The van der Waals surface area contributed by atoms with Crippen molar-refractivity contribution >= 4 is 28.8 Å². The molecule has 0 radical (unpaired) electrons. The van der Waals surface area contributed by atoms with E-state index in [9.17, 15) is 14.4 Å². The second kappa shape index (κ2) is 6.47. The van der Waals surface area contributed by atoms with Gasteiger partial charge in [-0.25, -0.2) is 4.79 Å². The minimum Gasteiger partial charge on any atom is -0.440 e. The molecule has 30 heavy (non-hydrogen) atoms. The van der Waals surface area contributed by atoms with Crippen LogP contribution in [0.1, 0.15) is 59.3 Å². The number of amides is 1. The summed E-state index contributed by atoms with van der Waals surface area (Å²) >= 11 is 1.45. The lowest BCUT2D eigenvalue weighted by atomic mass is 9.50. The zero-order valence-corrected chi connectivity index (χ0v) is 19.1. The molecule has 0 aromatic heterocycles. The van der Waals surface area contributed by atoms with E-state index in [1.165, 1.54) is 22.9 Å². The van der Waals surface area contributed by atoms with Gasteiger partial charge in [0.1, 0.15) is 5.60 Å². The molecule has 5 aliphatic rings. The molecule has 4 aliphatic carbocycles. The van der Waals surface area contributed by atoms with Crippen LogP contribution in [-0.4, -0.2) is 46.3 Å². The Balaban J connectivity index is 1.60. The molecule has 0 bridgehead atoms. The zero-order valence-electron chi connectivity index (χ0n) is 18.3. The van der Waals surface area contributed by atoms with Crippen molar-refractivity contribution < 1.29 is 19.1 Å². The molecule has 1 amide bonds. The summed E-state index contributed by atoms with van der Waals surface area (Å²) in [5.74, 6) is 0.885. The Kier molecular flexibility index (Phi) is 4.39. The number of allylic oxidation sites excluding steroid dienone is 4. The van der Waals surface area contributed by atoms with Crippen molar-refractivity contribution in [2.75, 3.05) is 13.6 Å². The fourth-order valence-electron chi connectivity index (χ4n) is 7.37. The third kappa shape index (κ3) is 2.58. The molecule has 2 saturated carbocycles. The van der Waals surface area contributed by atoms with Crippen molar-refractivity contribution in [3.63, 3.8) is 0 Å². The Morgan fingerprint density at radius 1 is 1.27 bits per heavy atom. The van der Waals surface area contributed by atoms with Crippen LogP contribution in [0.2, 0.25) is 0 Å². The molecular formula is C24H31NO4S.